The van der Waals surface area contributed by atoms with Gasteiger partial charge < -0.3 is 9.84 Å². The molecule has 1 atom stereocenters. The van der Waals surface area contributed by atoms with Crippen LogP contribution in [-0.4, -0.2) is 11.7 Å². The number of hydrogen-bond donors (Lipinski definition) is 1. The van der Waals surface area contributed by atoms with Crippen LogP contribution in [-0.2, 0) is 19.4 Å². The average molecular weight is 194 g/mol. The van der Waals surface area contributed by atoms with Gasteiger partial charge in [-0.25, -0.2) is 0 Å². The molecular formula is C11H18N2O. The highest BCUT2D eigenvalue weighted by Gasteiger charge is 2.22. The van der Waals surface area contributed by atoms with E-state index in [9.17, 15) is 0 Å². The van der Waals surface area contributed by atoms with Gasteiger partial charge in [0, 0.05) is 18.5 Å². The summed E-state index contributed by atoms with van der Waals surface area (Å²) in [5.74, 6) is 1.90. The highest BCUT2D eigenvalue weighted by atomic mass is 16.5. The second kappa shape index (κ2) is 4.13. The van der Waals surface area contributed by atoms with Crippen LogP contribution in [0.5, 0.6) is 0 Å². The van der Waals surface area contributed by atoms with Crippen molar-refractivity contribution in [1.82, 2.24) is 10.5 Å². The zero-order chi connectivity index (χ0) is 9.97. The molecule has 0 bridgehead atoms. The number of fused-ring (bicyclic) bond motifs is 1. The minimum absolute atomic E-state index is 0.780. The van der Waals surface area contributed by atoms with E-state index in [4.69, 9.17) is 4.52 Å². The molecule has 1 N–H and O–H groups in total. The van der Waals surface area contributed by atoms with Crippen molar-refractivity contribution in [3.05, 3.63) is 17.0 Å². The van der Waals surface area contributed by atoms with E-state index >= 15 is 0 Å². The predicted molar refractivity (Wildman–Crippen MR) is 55.1 cm³/mol. The molecule has 0 fully saturated rings. The summed E-state index contributed by atoms with van der Waals surface area (Å²) in [5.41, 5.74) is 2.48. The van der Waals surface area contributed by atoms with Gasteiger partial charge in [-0.2, -0.15) is 0 Å². The number of aromatic nitrogens is 1. The van der Waals surface area contributed by atoms with Gasteiger partial charge in [0.2, 0.25) is 0 Å². The highest BCUT2D eigenvalue weighted by molar-refractivity contribution is 5.25. The number of aryl methyl sites for hydroxylation is 1. The molecule has 0 spiro atoms. The normalized spacial score (nSPS) is 20.9. The summed E-state index contributed by atoms with van der Waals surface area (Å²) in [6.45, 7) is 6.24. The fourth-order valence-corrected chi connectivity index (χ4v) is 2.02. The Morgan fingerprint density at radius 3 is 3.21 bits per heavy atom. The van der Waals surface area contributed by atoms with E-state index in [1.165, 1.54) is 12.0 Å². The van der Waals surface area contributed by atoms with Crippen molar-refractivity contribution in [3.8, 4) is 0 Å². The SMILES string of the molecule is CCNCc1noc2c1CC(C)CC2. The molecule has 78 valence electrons. The van der Waals surface area contributed by atoms with Crippen LogP contribution in [0.4, 0.5) is 0 Å². The van der Waals surface area contributed by atoms with Crippen molar-refractivity contribution in [2.24, 2.45) is 5.92 Å². The molecule has 1 heterocycles. The van der Waals surface area contributed by atoms with Crippen LogP contribution in [0.3, 0.4) is 0 Å². The Kier molecular flexibility index (Phi) is 2.87. The van der Waals surface area contributed by atoms with E-state index in [-0.39, 0.29) is 0 Å². The summed E-state index contributed by atoms with van der Waals surface area (Å²) in [4.78, 5) is 0. The van der Waals surface area contributed by atoms with Gasteiger partial charge in [0.05, 0.1) is 0 Å². The van der Waals surface area contributed by atoms with Gasteiger partial charge in [-0.15, -0.1) is 0 Å². The lowest BCUT2D eigenvalue weighted by Gasteiger charge is -2.16. The fourth-order valence-electron chi connectivity index (χ4n) is 2.02. The number of rotatable bonds is 3. The molecule has 0 aliphatic heterocycles. The van der Waals surface area contributed by atoms with Crippen molar-refractivity contribution < 1.29 is 4.52 Å². The van der Waals surface area contributed by atoms with Crippen LogP contribution in [0.1, 0.15) is 37.3 Å². The van der Waals surface area contributed by atoms with Crippen molar-refractivity contribution in [3.63, 3.8) is 0 Å². The first-order valence-electron chi connectivity index (χ1n) is 5.48. The molecule has 14 heavy (non-hydrogen) atoms. The minimum atomic E-state index is 0.780. The minimum Gasteiger partial charge on any atom is -0.361 e. The van der Waals surface area contributed by atoms with Crippen LogP contribution < -0.4 is 5.32 Å². The number of nitrogens with one attached hydrogen (secondary N) is 1. The lowest BCUT2D eigenvalue weighted by atomic mass is 9.88. The Bertz CT molecular complexity index is 306. The Morgan fingerprint density at radius 1 is 1.57 bits per heavy atom. The lowest BCUT2D eigenvalue weighted by molar-refractivity contribution is 0.352. The van der Waals surface area contributed by atoms with Gasteiger partial charge in [-0.05, 0) is 25.3 Å². The third kappa shape index (κ3) is 1.82. The van der Waals surface area contributed by atoms with E-state index in [1.807, 2.05) is 0 Å². The highest BCUT2D eigenvalue weighted by Crippen LogP contribution is 2.27. The third-order valence-corrected chi connectivity index (χ3v) is 2.91. The van der Waals surface area contributed by atoms with Gasteiger partial charge in [-0.1, -0.05) is 19.0 Å². The first-order valence-corrected chi connectivity index (χ1v) is 5.48. The van der Waals surface area contributed by atoms with E-state index in [1.54, 1.807) is 0 Å². The van der Waals surface area contributed by atoms with E-state index in [2.05, 4.69) is 24.3 Å². The van der Waals surface area contributed by atoms with E-state index in [0.29, 0.717) is 0 Å². The van der Waals surface area contributed by atoms with Crippen molar-refractivity contribution in [2.75, 3.05) is 6.54 Å². The lowest BCUT2D eigenvalue weighted by Crippen LogP contribution is -2.16. The maximum Gasteiger partial charge on any atom is 0.140 e. The molecule has 2 rings (SSSR count). The standard InChI is InChI=1S/C11H18N2O/c1-3-12-7-10-9-6-8(2)4-5-11(9)14-13-10/h8,12H,3-7H2,1-2H3. The first kappa shape index (κ1) is 9.71. The molecule has 1 unspecified atom stereocenters. The molecule has 0 amide bonds. The average Bonchev–Trinajstić information content (AvgIpc) is 2.57. The Morgan fingerprint density at radius 2 is 2.43 bits per heavy atom. The smallest absolute Gasteiger partial charge is 0.140 e. The third-order valence-electron chi connectivity index (χ3n) is 2.91. The largest absolute Gasteiger partial charge is 0.361 e. The van der Waals surface area contributed by atoms with Crippen molar-refractivity contribution in [2.45, 2.75) is 39.7 Å². The molecule has 1 aliphatic rings. The van der Waals surface area contributed by atoms with Gasteiger partial charge in [0.15, 0.2) is 0 Å². The van der Waals surface area contributed by atoms with Crippen LogP contribution in [0, 0.1) is 5.92 Å². The van der Waals surface area contributed by atoms with Gasteiger partial charge in [0.1, 0.15) is 11.5 Å². The summed E-state index contributed by atoms with van der Waals surface area (Å²) in [5, 5.41) is 7.43. The fraction of sp³-hybridized carbons (Fsp3) is 0.727. The summed E-state index contributed by atoms with van der Waals surface area (Å²) in [7, 11) is 0. The van der Waals surface area contributed by atoms with Crippen LogP contribution in [0.2, 0.25) is 0 Å². The molecule has 3 heteroatoms. The summed E-state index contributed by atoms with van der Waals surface area (Å²) in [6.07, 6.45) is 3.44. The monoisotopic (exact) mass is 194 g/mol. The Balaban J connectivity index is 2.13. The second-order valence-corrected chi connectivity index (χ2v) is 4.16. The second-order valence-electron chi connectivity index (χ2n) is 4.16. The molecule has 1 aromatic rings. The molecule has 1 aromatic heterocycles. The van der Waals surface area contributed by atoms with Gasteiger partial charge in [0.25, 0.3) is 0 Å². The summed E-state index contributed by atoms with van der Waals surface area (Å²) < 4.78 is 5.34. The molecule has 3 nitrogen and oxygen atoms in total. The van der Waals surface area contributed by atoms with Crippen LogP contribution in [0.15, 0.2) is 4.52 Å². The van der Waals surface area contributed by atoms with Gasteiger partial charge >= 0.3 is 0 Å². The maximum atomic E-state index is 5.34. The molecule has 0 saturated carbocycles. The Labute approximate surface area is 84.9 Å². The Hall–Kier alpha value is -0.830. The topological polar surface area (TPSA) is 38.1 Å². The first-order chi connectivity index (χ1) is 6.81. The zero-order valence-electron chi connectivity index (χ0n) is 8.97. The maximum absolute atomic E-state index is 5.34. The van der Waals surface area contributed by atoms with Crippen LogP contribution >= 0.6 is 0 Å². The van der Waals surface area contributed by atoms with Crippen molar-refractivity contribution >= 4 is 0 Å². The number of nitrogens with zero attached hydrogens (tertiary/aromatic N) is 1. The predicted octanol–water partition coefficient (Wildman–Crippen LogP) is 1.91. The van der Waals surface area contributed by atoms with Gasteiger partial charge in [-0.3, -0.25) is 0 Å². The quantitative estimate of drug-likeness (QED) is 0.798. The zero-order valence-corrected chi connectivity index (χ0v) is 8.97. The molecular weight excluding hydrogens is 176 g/mol. The molecule has 0 radical (unpaired) electrons. The molecule has 1 aliphatic carbocycles. The van der Waals surface area contributed by atoms with Crippen LogP contribution in [0.25, 0.3) is 0 Å². The molecule has 0 saturated heterocycles. The molecule has 0 aromatic carbocycles. The van der Waals surface area contributed by atoms with E-state index in [0.717, 1.165) is 43.3 Å². The summed E-state index contributed by atoms with van der Waals surface area (Å²) in [6, 6.07) is 0. The van der Waals surface area contributed by atoms with Crippen molar-refractivity contribution in [1.29, 1.82) is 0 Å². The number of hydrogen-bond acceptors (Lipinski definition) is 3. The van der Waals surface area contributed by atoms with E-state index < -0.39 is 0 Å². The summed E-state index contributed by atoms with van der Waals surface area (Å²) >= 11 is 0.